The van der Waals surface area contributed by atoms with Gasteiger partial charge in [0.2, 0.25) is 11.7 Å². The number of aliphatic hydroxyl groups excluding tert-OH is 2. The maximum atomic E-state index is 13.9. The first-order chi connectivity index (χ1) is 17.1. The zero-order valence-electron chi connectivity index (χ0n) is 21.1. The Hall–Kier alpha value is -3.90. The molecule has 4 rings (SSSR count). The first-order valence-electron chi connectivity index (χ1n) is 11.6. The van der Waals surface area contributed by atoms with Crippen LogP contribution in [0.15, 0.2) is 23.0 Å². The number of carbonyl (C=O) groups is 4. The van der Waals surface area contributed by atoms with Gasteiger partial charge in [0.1, 0.15) is 22.8 Å². The van der Waals surface area contributed by atoms with Crippen molar-refractivity contribution in [3.05, 3.63) is 34.1 Å². The number of phenolic OH excluding ortho intramolecular Hbond substituents is 1. The average molecular weight is 515 g/mol. The van der Waals surface area contributed by atoms with Crippen molar-refractivity contribution in [2.75, 3.05) is 38.4 Å². The Morgan fingerprint density at radius 2 is 1.76 bits per heavy atom. The van der Waals surface area contributed by atoms with Gasteiger partial charge in [-0.2, -0.15) is 0 Å². The fourth-order valence-corrected chi connectivity index (χ4v) is 5.98. The van der Waals surface area contributed by atoms with Crippen LogP contribution in [0.25, 0.3) is 5.76 Å². The standard InChI is InChI=1S/C25H30N4O8/c1-9(30)27-13-8-14(28(2)3)11-6-10-7-12-18(29(4)5)21(33)17(24(26)36)23(35)25(12,37)22(34)15(10)20(32)16(11)19(13)31/h8,10,12,18,31-32,35,37H,6-7H2,1-5H3,(H2,26,36)(H,27,30)/t10-,12-,18+,25-/m0/s1. The minimum absolute atomic E-state index is 0.00710. The molecular formula is C25H30N4O8. The van der Waals surface area contributed by atoms with Crippen LogP contribution < -0.4 is 16.0 Å². The highest BCUT2D eigenvalue weighted by Gasteiger charge is 2.64. The number of hydrogen-bond acceptors (Lipinski definition) is 10. The molecule has 12 nitrogen and oxygen atoms in total. The van der Waals surface area contributed by atoms with E-state index >= 15 is 0 Å². The van der Waals surface area contributed by atoms with E-state index in [0.717, 1.165) is 0 Å². The highest BCUT2D eigenvalue weighted by molar-refractivity contribution is 6.24. The summed E-state index contributed by atoms with van der Waals surface area (Å²) in [5.41, 5.74) is 2.48. The second-order valence-corrected chi connectivity index (χ2v) is 10.2. The number of nitrogens with one attached hydrogen (secondary N) is 1. The first-order valence-corrected chi connectivity index (χ1v) is 11.6. The van der Waals surface area contributed by atoms with E-state index < -0.39 is 69.7 Å². The molecule has 37 heavy (non-hydrogen) atoms. The molecule has 2 amide bonds. The summed E-state index contributed by atoms with van der Waals surface area (Å²) in [6.45, 7) is 1.25. The minimum Gasteiger partial charge on any atom is -0.508 e. The van der Waals surface area contributed by atoms with Crippen molar-refractivity contribution < 1.29 is 39.6 Å². The molecule has 0 unspecified atom stereocenters. The van der Waals surface area contributed by atoms with Crippen LogP contribution in [0.5, 0.6) is 5.75 Å². The zero-order valence-corrected chi connectivity index (χ0v) is 21.1. The molecule has 3 aliphatic rings. The summed E-state index contributed by atoms with van der Waals surface area (Å²) >= 11 is 0. The summed E-state index contributed by atoms with van der Waals surface area (Å²) in [7, 11) is 6.56. The maximum absolute atomic E-state index is 13.9. The Morgan fingerprint density at radius 3 is 2.27 bits per heavy atom. The van der Waals surface area contributed by atoms with Crippen LogP contribution >= 0.6 is 0 Å². The largest absolute Gasteiger partial charge is 0.508 e. The molecule has 0 heterocycles. The summed E-state index contributed by atoms with van der Waals surface area (Å²) in [5, 5.41) is 47.4. The summed E-state index contributed by atoms with van der Waals surface area (Å²) in [5.74, 6) is -7.74. The van der Waals surface area contributed by atoms with Gasteiger partial charge in [0.15, 0.2) is 11.4 Å². The van der Waals surface area contributed by atoms with Crippen molar-refractivity contribution in [2.24, 2.45) is 17.6 Å². The monoisotopic (exact) mass is 514 g/mol. The first kappa shape index (κ1) is 26.2. The van der Waals surface area contributed by atoms with Gasteiger partial charge in [-0.1, -0.05) is 0 Å². The van der Waals surface area contributed by atoms with E-state index in [4.69, 9.17) is 5.73 Å². The molecule has 3 aliphatic carbocycles. The number of phenols is 1. The van der Waals surface area contributed by atoms with Gasteiger partial charge in [-0.15, -0.1) is 0 Å². The van der Waals surface area contributed by atoms with E-state index in [1.807, 2.05) is 0 Å². The van der Waals surface area contributed by atoms with Crippen LogP contribution in [0.2, 0.25) is 0 Å². The topological polar surface area (TPSA) is 194 Å². The lowest BCUT2D eigenvalue weighted by Gasteiger charge is -2.50. The number of aromatic hydroxyl groups is 1. The number of primary amides is 1. The smallest absolute Gasteiger partial charge is 0.255 e. The number of hydrogen-bond donors (Lipinski definition) is 6. The Bertz CT molecular complexity index is 1330. The van der Waals surface area contributed by atoms with Crippen LogP contribution in [-0.4, -0.2) is 88.5 Å². The number of anilines is 2. The molecule has 0 spiro atoms. The molecule has 198 valence electrons. The quantitative estimate of drug-likeness (QED) is 0.235. The van der Waals surface area contributed by atoms with Gasteiger partial charge in [0.05, 0.1) is 17.3 Å². The lowest BCUT2D eigenvalue weighted by molar-refractivity contribution is -0.153. The van der Waals surface area contributed by atoms with Crippen molar-refractivity contribution in [1.29, 1.82) is 0 Å². The highest BCUT2D eigenvalue weighted by atomic mass is 16.3. The van der Waals surface area contributed by atoms with Crippen molar-refractivity contribution >= 4 is 40.5 Å². The number of ketones is 2. The predicted molar refractivity (Wildman–Crippen MR) is 133 cm³/mol. The molecule has 12 heteroatoms. The molecule has 1 fully saturated rings. The predicted octanol–water partition coefficient (Wildman–Crippen LogP) is -0.0116. The number of Topliss-reactive ketones (excluding diaryl/α,β-unsaturated/α-hetero) is 2. The van der Waals surface area contributed by atoms with Gasteiger partial charge in [-0.3, -0.25) is 24.1 Å². The highest BCUT2D eigenvalue weighted by Crippen LogP contribution is 2.54. The Balaban J connectivity index is 2.01. The molecule has 0 aromatic heterocycles. The van der Waals surface area contributed by atoms with Crippen LogP contribution in [0.1, 0.15) is 24.5 Å². The van der Waals surface area contributed by atoms with Crippen LogP contribution in [0.3, 0.4) is 0 Å². The van der Waals surface area contributed by atoms with Gasteiger partial charge in [0.25, 0.3) is 5.91 Å². The fourth-order valence-electron chi connectivity index (χ4n) is 5.98. The average Bonchev–Trinajstić information content (AvgIpc) is 2.77. The van der Waals surface area contributed by atoms with Crippen molar-refractivity contribution in [3.8, 4) is 5.75 Å². The van der Waals surface area contributed by atoms with E-state index in [0.29, 0.717) is 11.3 Å². The molecule has 4 atom stereocenters. The van der Waals surface area contributed by atoms with E-state index in [1.165, 1.54) is 11.8 Å². The molecular weight excluding hydrogens is 484 g/mol. The SMILES string of the molecule is CC(=O)Nc1cc(N(C)C)c2c(c1O)C(O)=C1C(=O)[C@]3(O)C(O)=C(C(N)=O)C(=O)[C@H](N(C)C)[C@@H]3C[C@@H]1C2. The molecule has 0 saturated heterocycles. The van der Waals surface area contributed by atoms with Crippen molar-refractivity contribution in [3.63, 3.8) is 0 Å². The molecule has 0 bridgehead atoms. The zero-order chi connectivity index (χ0) is 27.7. The number of aliphatic hydroxyl groups is 3. The number of nitrogens with zero attached hydrogens (tertiary/aromatic N) is 2. The van der Waals surface area contributed by atoms with Crippen molar-refractivity contribution in [2.45, 2.75) is 31.4 Å². The molecule has 0 aliphatic heterocycles. The third-order valence-electron chi connectivity index (χ3n) is 7.49. The summed E-state index contributed by atoms with van der Waals surface area (Å²) in [6.07, 6.45) is 0.142. The second-order valence-electron chi connectivity index (χ2n) is 10.2. The number of rotatable bonds is 4. The Morgan fingerprint density at radius 1 is 1.14 bits per heavy atom. The van der Waals surface area contributed by atoms with Crippen LogP contribution in [0.4, 0.5) is 11.4 Å². The number of nitrogens with two attached hydrogens (primary N) is 1. The van der Waals surface area contributed by atoms with Gasteiger partial charge in [-0.05, 0) is 44.5 Å². The van der Waals surface area contributed by atoms with Gasteiger partial charge in [-0.25, -0.2) is 0 Å². The number of fused-ring (bicyclic) bond motifs is 3. The number of likely N-dealkylation sites (N-methyl/N-ethyl adjacent to an activating group) is 1. The van der Waals surface area contributed by atoms with Crippen LogP contribution in [-0.2, 0) is 25.6 Å². The number of benzene rings is 1. The third-order valence-corrected chi connectivity index (χ3v) is 7.49. The maximum Gasteiger partial charge on any atom is 0.255 e. The molecule has 1 aromatic carbocycles. The van der Waals surface area contributed by atoms with E-state index in [1.54, 1.807) is 39.2 Å². The summed E-state index contributed by atoms with van der Waals surface area (Å²) in [6, 6.07) is 0.399. The minimum atomic E-state index is -2.71. The second kappa shape index (κ2) is 8.60. The number of amides is 2. The Labute approximate surface area is 212 Å². The third kappa shape index (κ3) is 3.58. The molecule has 1 aromatic rings. The van der Waals surface area contributed by atoms with Gasteiger partial charge < -0.3 is 36.4 Å². The Kier molecular flexibility index (Phi) is 6.08. The lowest BCUT2D eigenvalue weighted by Crippen LogP contribution is -2.65. The molecule has 1 saturated carbocycles. The summed E-state index contributed by atoms with van der Waals surface area (Å²) in [4.78, 5) is 54.0. The normalized spacial score (nSPS) is 27.1. The summed E-state index contributed by atoms with van der Waals surface area (Å²) < 4.78 is 0. The van der Waals surface area contributed by atoms with Gasteiger partial charge >= 0.3 is 0 Å². The van der Waals surface area contributed by atoms with E-state index in [2.05, 4.69) is 5.32 Å². The fraction of sp³-hybridized carbons (Fsp3) is 0.440. The molecule has 7 N–H and O–H groups in total. The van der Waals surface area contributed by atoms with E-state index in [-0.39, 0.29) is 29.7 Å². The van der Waals surface area contributed by atoms with Crippen molar-refractivity contribution in [1.82, 2.24) is 4.90 Å². The lowest BCUT2D eigenvalue weighted by atomic mass is 9.57. The van der Waals surface area contributed by atoms with Crippen LogP contribution in [0, 0.1) is 11.8 Å². The number of carbonyl (C=O) groups excluding carboxylic acids is 4. The van der Waals surface area contributed by atoms with Gasteiger partial charge in [0, 0.05) is 38.2 Å². The molecule has 0 radical (unpaired) electrons. The van der Waals surface area contributed by atoms with E-state index in [9.17, 15) is 39.6 Å².